The molecule has 1 aliphatic rings. The van der Waals surface area contributed by atoms with Crippen LogP contribution in [0.15, 0.2) is 24.3 Å². The molecule has 0 bridgehead atoms. The van der Waals surface area contributed by atoms with Gasteiger partial charge in [-0.25, -0.2) is 0 Å². The summed E-state index contributed by atoms with van der Waals surface area (Å²) < 4.78 is 0. The first-order chi connectivity index (χ1) is 7.36. The van der Waals surface area contributed by atoms with Crippen LogP contribution in [0.1, 0.15) is 36.3 Å². The SMILES string of the molecule is N#Cc1ccccc1C1CCCC1CCl. The molecule has 1 saturated carbocycles. The molecule has 15 heavy (non-hydrogen) atoms. The lowest BCUT2D eigenvalue weighted by Gasteiger charge is -2.18. The minimum absolute atomic E-state index is 0.498. The maximum atomic E-state index is 9.05. The highest BCUT2D eigenvalue weighted by Gasteiger charge is 2.29. The Balaban J connectivity index is 2.33. The van der Waals surface area contributed by atoms with Gasteiger partial charge in [0.25, 0.3) is 0 Å². The Kier molecular flexibility index (Phi) is 3.28. The molecule has 1 nitrogen and oxygen atoms in total. The van der Waals surface area contributed by atoms with Gasteiger partial charge < -0.3 is 0 Å². The molecule has 0 N–H and O–H groups in total. The van der Waals surface area contributed by atoms with Crippen molar-refractivity contribution in [1.82, 2.24) is 0 Å². The second-order valence-electron chi connectivity index (χ2n) is 4.15. The van der Waals surface area contributed by atoms with Crippen molar-refractivity contribution in [3.8, 4) is 6.07 Å². The number of hydrogen-bond donors (Lipinski definition) is 0. The summed E-state index contributed by atoms with van der Waals surface area (Å²) in [6, 6.07) is 10.2. The minimum Gasteiger partial charge on any atom is -0.192 e. The molecule has 2 heteroatoms. The maximum Gasteiger partial charge on any atom is 0.0994 e. The van der Waals surface area contributed by atoms with E-state index in [0.717, 1.165) is 5.56 Å². The van der Waals surface area contributed by atoms with Gasteiger partial charge in [-0.15, -0.1) is 11.6 Å². The van der Waals surface area contributed by atoms with Gasteiger partial charge in [0, 0.05) is 5.88 Å². The van der Waals surface area contributed by atoms with E-state index in [0.29, 0.717) is 17.7 Å². The molecule has 1 aromatic carbocycles. The number of nitriles is 1. The normalized spacial score (nSPS) is 25.1. The van der Waals surface area contributed by atoms with Crippen LogP contribution in [0.2, 0.25) is 0 Å². The van der Waals surface area contributed by atoms with E-state index in [4.69, 9.17) is 16.9 Å². The molecular formula is C13H14ClN. The molecule has 0 heterocycles. The van der Waals surface area contributed by atoms with Crippen molar-refractivity contribution in [2.45, 2.75) is 25.2 Å². The average molecular weight is 220 g/mol. The highest BCUT2D eigenvalue weighted by molar-refractivity contribution is 6.18. The van der Waals surface area contributed by atoms with E-state index in [-0.39, 0.29) is 0 Å². The predicted octanol–water partition coefficient (Wildman–Crippen LogP) is 3.68. The Bertz CT molecular complexity index is 380. The number of rotatable bonds is 2. The largest absolute Gasteiger partial charge is 0.192 e. The summed E-state index contributed by atoms with van der Waals surface area (Å²) in [6.45, 7) is 0. The van der Waals surface area contributed by atoms with Gasteiger partial charge in [0.1, 0.15) is 0 Å². The molecule has 1 aliphatic carbocycles. The van der Waals surface area contributed by atoms with Crippen molar-refractivity contribution in [3.63, 3.8) is 0 Å². The lowest BCUT2D eigenvalue weighted by atomic mass is 9.87. The molecule has 0 aromatic heterocycles. The summed E-state index contributed by atoms with van der Waals surface area (Å²) in [4.78, 5) is 0. The van der Waals surface area contributed by atoms with Crippen LogP contribution >= 0.6 is 11.6 Å². The van der Waals surface area contributed by atoms with Gasteiger partial charge in [0.15, 0.2) is 0 Å². The minimum atomic E-state index is 0.498. The Morgan fingerprint density at radius 1 is 1.33 bits per heavy atom. The first-order valence-corrected chi connectivity index (χ1v) is 5.95. The van der Waals surface area contributed by atoms with Crippen LogP contribution in [0.25, 0.3) is 0 Å². The first kappa shape index (κ1) is 10.5. The standard InChI is InChI=1S/C13H14ClN/c14-8-10-5-3-7-12(10)13-6-2-1-4-11(13)9-15/h1-2,4,6,10,12H,3,5,7-8H2. The quantitative estimate of drug-likeness (QED) is 0.697. The second kappa shape index (κ2) is 4.68. The summed E-state index contributed by atoms with van der Waals surface area (Å²) in [7, 11) is 0. The fourth-order valence-electron chi connectivity index (χ4n) is 2.55. The Labute approximate surface area is 95.7 Å². The van der Waals surface area contributed by atoms with Gasteiger partial charge in [-0.3, -0.25) is 0 Å². The van der Waals surface area contributed by atoms with Gasteiger partial charge in [-0.1, -0.05) is 24.6 Å². The zero-order valence-corrected chi connectivity index (χ0v) is 9.37. The van der Waals surface area contributed by atoms with Crippen molar-refractivity contribution in [1.29, 1.82) is 5.26 Å². The van der Waals surface area contributed by atoms with Crippen molar-refractivity contribution in [2.75, 3.05) is 5.88 Å². The fraction of sp³-hybridized carbons (Fsp3) is 0.462. The topological polar surface area (TPSA) is 23.8 Å². The molecule has 0 radical (unpaired) electrons. The van der Waals surface area contributed by atoms with Crippen LogP contribution in [0.4, 0.5) is 0 Å². The predicted molar refractivity (Wildman–Crippen MR) is 62.0 cm³/mol. The molecule has 0 amide bonds. The highest BCUT2D eigenvalue weighted by atomic mass is 35.5. The van der Waals surface area contributed by atoms with Crippen molar-refractivity contribution < 1.29 is 0 Å². The summed E-state index contributed by atoms with van der Waals surface area (Å²) >= 11 is 5.97. The Morgan fingerprint density at radius 3 is 2.87 bits per heavy atom. The maximum absolute atomic E-state index is 9.05. The molecule has 2 atom stereocenters. The van der Waals surface area contributed by atoms with E-state index in [2.05, 4.69) is 12.1 Å². The molecule has 2 rings (SSSR count). The number of benzene rings is 1. The van der Waals surface area contributed by atoms with E-state index in [1.54, 1.807) is 0 Å². The van der Waals surface area contributed by atoms with E-state index >= 15 is 0 Å². The monoisotopic (exact) mass is 219 g/mol. The number of nitrogens with zero attached hydrogens (tertiary/aromatic N) is 1. The lowest BCUT2D eigenvalue weighted by molar-refractivity contribution is 0.538. The molecule has 1 aromatic rings. The third-order valence-corrected chi connectivity index (χ3v) is 3.73. The van der Waals surface area contributed by atoms with E-state index in [1.165, 1.54) is 24.8 Å². The summed E-state index contributed by atoms with van der Waals surface area (Å²) in [5, 5.41) is 9.05. The molecule has 0 aliphatic heterocycles. The van der Waals surface area contributed by atoms with Gasteiger partial charge in [0.2, 0.25) is 0 Å². The zero-order chi connectivity index (χ0) is 10.7. The molecule has 78 valence electrons. The Hall–Kier alpha value is -1.00. The van der Waals surface area contributed by atoms with Gasteiger partial charge >= 0.3 is 0 Å². The Morgan fingerprint density at radius 2 is 2.13 bits per heavy atom. The molecule has 1 fully saturated rings. The van der Waals surface area contributed by atoms with Crippen molar-refractivity contribution >= 4 is 11.6 Å². The third kappa shape index (κ3) is 2.01. The van der Waals surface area contributed by atoms with Gasteiger partial charge in [-0.05, 0) is 36.3 Å². The van der Waals surface area contributed by atoms with Crippen LogP contribution in [-0.4, -0.2) is 5.88 Å². The summed E-state index contributed by atoms with van der Waals surface area (Å²) in [5.74, 6) is 1.77. The molecule has 0 spiro atoms. The number of hydrogen-bond acceptors (Lipinski definition) is 1. The van der Waals surface area contributed by atoms with E-state index in [9.17, 15) is 0 Å². The van der Waals surface area contributed by atoms with Crippen LogP contribution in [0.5, 0.6) is 0 Å². The first-order valence-electron chi connectivity index (χ1n) is 5.41. The van der Waals surface area contributed by atoms with E-state index < -0.39 is 0 Å². The summed E-state index contributed by atoms with van der Waals surface area (Å²) in [5.41, 5.74) is 2.02. The second-order valence-corrected chi connectivity index (χ2v) is 4.46. The molecular weight excluding hydrogens is 206 g/mol. The van der Waals surface area contributed by atoms with Gasteiger partial charge in [-0.2, -0.15) is 5.26 Å². The smallest absolute Gasteiger partial charge is 0.0994 e. The number of alkyl halides is 1. The lowest BCUT2D eigenvalue weighted by Crippen LogP contribution is -2.09. The van der Waals surface area contributed by atoms with Crippen LogP contribution in [0.3, 0.4) is 0 Å². The van der Waals surface area contributed by atoms with E-state index in [1.807, 2.05) is 18.2 Å². The zero-order valence-electron chi connectivity index (χ0n) is 8.62. The third-order valence-electron chi connectivity index (χ3n) is 3.34. The van der Waals surface area contributed by atoms with Crippen LogP contribution in [0, 0.1) is 17.2 Å². The average Bonchev–Trinajstić information content (AvgIpc) is 2.76. The van der Waals surface area contributed by atoms with Crippen molar-refractivity contribution in [3.05, 3.63) is 35.4 Å². The number of halogens is 1. The summed E-state index contributed by atoms with van der Waals surface area (Å²) in [6.07, 6.45) is 3.62. The van der Waals surface area contributed by atoms with Crippen LogP contribution < -0.4 is 0 Å². The highest BCUT2D eigenvalue weighted by Crippen LogP contribution is 2.41. The molecule has 0 saturated heterocycles. The fourth-order valence-corrected chi connectivity index (χ4v) is 2.92. The van der Waals surface area contributed by atoms with Crippen LogP contribution in [-0.2, 0) is 0 Å². The van der Waals surface area contributed by atoms with Gasteiger partial charge in [0.05, 0.1) is 11.6 Å². The van der Waals surface area contributed by atoms with Crippen molar-refractivity contribution in [2.24, 2.45) is 5.92 Å². The molecule has 2 unspecified atom stereocenters.